The largest absolute Gasteiger partial charge is 0.491 e. The molecule has 1 fully saturated rings. The van der Waals surface area contributed by atoms with Crippen molar-refractivity contribution in [1.29, 1.82) is 0 Å². The zero-order valence-corrected chi connectivity index (χ0v) is 10.7. The second-order valence-corrected chi connectivity index (χ2v) is 4.64. The van der Waals surface area contributed by atoms with Crippen LogP contribution >= 0.6 is 0 Å². The molecule has 20 heavy (non-hydrogen) atoms. The lowest BCUT2D eigenvalue weighted by atomic mass is 10.0. The molecular weight excluding hydrogens is 270 g/mol. The van der Waals surface area contributed by atoms with Gasteiger partial charge in [-0.2, -0.15) is 0 Å². The Bertz CT molecular complexity index is 481. The van der Waals surface area contributed by atoms with Gasteiger partial charge in [-0.05, 0) is 12.1 Å². The SMILES string of the molecule is O=C(NCC(O)COc1ccc(F)c(F)c1)C1CNC1. The van der Waals surface area contributed by atoms with E-state index >= 15 is 0 Å². The minimum Gasteiger partial charge on any atom is -0.491 e. The molecule has 1 heterocycles. The van der Waals surface area contributed by atoms with Gasteiger partial charge in [0, 0.05) is 25.7 Å². The second-order valence-electron chi connectivity index (χ2n) is 4.64. The monoisotopic (exact) mass is 286 g/mol. The van der Waals surface area contributed by atoms with Crippen LogP contribution in [0, 0.1) is 17.6 Å². The third kappa shape index (κ3) is 3.88. The average Bonchev–Trinajstić information content (AvgIpc) is 2.36. The van der Waals surface area contributed by atoms with Gasteiger partial charge >= 0.3 is 0 Å². The highest BCUT2D eigenvalue weighted by atomic mass is 19.2. The lowest BCUT2D eigenvalue weighted by molar-refractivity contribution is -0.126. The number of carbonyl (C=O) groups excluding carboxylic acids is 1. The molecule has 1 aromatic rings. The van der Waals surface area contributed by atoms with Crippen LogP contribution in [0.3, 0.4) is 0 Å². The second kappa shape index (κ2) is 6.62. The average molecular weight is 286 g/mol. The first-order valence-corrected chi connectivity index (χ1v) is 6.30. The highest BCUT2D eigenvalue weighted by Crippen LogP contribution is 2.15. The van der Waals surface area contributed by atoms with Gasteiger partial charge in [0.2, 0.25) is 5.91 Å². The number of amides is 1. The minimum atomic E-state index is -1.01. The normalized spacial score (nSPS) is 16.4. The first-order chi connectivity index (χ1) is 9.56. The molecule has 1 aliphatic heterocycles. The van der Waals surface area contributed by atoms with E-state index in [9.17, 15) is 18.7 Å². The summed E-state index contributed by atoms with van der Waals surface area (Å²) >= 11 is 0. The van der Waals surface area contributed by atoms with Crippen molar-refractivity contribution < 1.29 is 23.4 Å². The van der Waals surface area contributed by atoms with Crippen molar-refractivity contribution in [2.24, 2.45) is 5.92 Å². The molecule has 110 valence electrons. The van der Waals surface area contributed by atoms with Crippen LogP contribution in [0.2, 0.25) is 0 Å². The van der Waals surface area contributed by atoms with Crippen LogP contribution in [0.1, 0.15) is 0 Å². The van der Waals surface area contributed by atoms with Crippen LogP contribution in [0.4, 0.5) is 8.78 Å². The van der Waals surface area contributed by atoms with Gasteiger partial charge in [0.25, 0.3) is 0 Å². The number of aliphatic hydroxyl groups excluding tert-OH is 1. The fraction of sp³-hybridized carbons (Fsp3) is 0.462. The molecule has 0 aromatic heterocycles. The Kier molecular flexibility index (Phi) is 4.86. The highest BCUT2D eigenvalue weighted by molar-refractivity contribution is 5.80. The van der Waals surface area contributed by atoms with Crippen molar-refractivity contribution >= 4 is 5.91 Å². The first kappa shape index (κ1) is 14.7. The molecule has 5 nitrogen and oxygen atoms in total. The van der Waals surface area contributed by atoms with Gasteiger partial charge in [-0.1, -0.05) is 0 Å². The summed E-state index contributed by atoms with van der Waals surface area (Å²) in [5.41, 5.74) is 0. The van der Waals surface area contributed by atoms with Gasteiger partial charge in [0.05, 0.1) is 5.92 Å². The molecule has 1 aliphatic rings. The van der Waals surface area contributed by atoms with Crippen LogP contribution in [-0.4, -0.2) is 43.4 Å². The first-order valence-electron chi connectivity index (χ1n) is 6.30. The third-order valence-corrected chi connectivity index (χ3v) is 3.00. The van der Waals surface area contributed by atoms with Crippen molar-refractivity contribution in [3.05, 3.63) is 29.8 Å². The van der Waals surface area contributed by atoms with Crippen molar-refractivity contribution in [1.82, 2.24) is 10.6 Å². The summed E-state index contributed by atoms with van der Waals surface area (Å²) in [7, 11) is 0. The number of aliphatic hydroxyl groups is 1. The summed E-state index contributed by atoms with van der Waals surface area (Å²) < 4.78 is 30.7. The molecule has 0 radical (unpaired) electrons. The molecule has 0 saturated carbocycles. The lowest BCUT2D eigenvalue weighted by Gasteiger charge is -2.26. The number of ether oxygens (including phenoxy) is 1. The number of nitrogens with one attached hydrogen (secondary N) is 2. The fourth-order valence-corrected chi connectivity index (χ4v) is 1.65. The van der Waals surface area contributed by atoms with Crippen LogP contribution in [0.25, 0.3) is 0 Å². The maximum Gasteiger partial charge on any atom is 0.225 e. The molecule has 2 rings (SSSR count). The van der Waals surface area contributed by atoms with Crippen molar-refractivity contribution in [3.8, 4) is 5.75 Å². The molecule has 0 bridgehead atoms. The van der Waals surface area contributed by atoms with E-state index in [0.29, 0.717) is 13.1 Å². The minimum absolute atomic E-state index is 0.0469. The Hall–Kier alpha value is -1.73. The van der Waals surface area contributed by atoms with Crippen LogP contribution < -0.4 is 15.4 Å². The van der Waals surface area contributed by atoms with E-state index in [2.05, 4.69) is 10.6 Å². The molecule has 1 amide bonds. The Morgan fingerprint density at radius 2 is 2.20 bits per heavy atom. The molecule has 3 N–H and O–H groups in total. The lowest BCUT2D eigenvalue weighted by Crippen LogP contribution is -2.52. The Morgan fingerprint density at radius 1 is 1.45 bits per heavy atom. The summed E-state index contributed by atoms with van der Waals surface area (Å²) in [6.07, 6.45) is -0.917. The summed E-state index contributed by atoms with van der Waals surface area (Å²) in [4.78, 5) is 11.5. The molecule has 0 spiro atoms. The number of rotatable bonds is 6. The Balaban J connectivity index is 1.70. The maximum atomic E-state index is 12.9. The standard InChI is InChI=1S/C13H16F2N2O3/c14-11-2-1-10(3-12(11)15)20-7-9(18)6-17-13(19)8-4-16-5-8/h1-3,8-9,16,18H,4-7H2,(H,17,19). The number of hydrogen-bond donors (Lipinski definition) is 3. The van der Waals surface area contributed by atoms with E-state index in [1.165, 1.54) is 6.07 Å². The zero-order valence-electron chi connectivity index (χ0n) is 10.7. The van der Waals surface area contributed by atoms with Gasteiger partial charge < -0.3 is 20.5 Å². The van der Waals surface area contributed by atoms with Crippen LogP contribution in [0.15, 0.2) is 18.2 Å². The highest BCUT2D eigenvalue weighted by Gasteiger charge is 2.24. The van der Waals surface area contributed by atoms with Crippen LogP contribution in [0.5, 0.6) is 5.75 Å². The summed E-state index contributed by atoms with van der Waals surface area (Å²) in [6, 6.07) is 3.12. The van der Waals surface area contributed by atoms with Gasteiger partial charge in [-0.3, -0.25) is 4.79 Å². The van der Waals surface area contributed by atoms with Gasteiger partial charge in [-0.25, -0.2) is 8.78 Å². The third-order valence-electron chi connectivity index (χ3n) is 3.00. The van der Waals surface area contributed by atoms with Crippen molar-refractivity contribution in [2.45, 2.75) is 6.10 Å². The number of benzene rings is 1. The number of carbonyl (C=O) groups is 1. The summed E-state index contributed by atoms with van der Waals surface area (Å²) in [5.74, 6) is -2.01. The summed E-state index contributed by atoms with van der Waals surface area (Å²) in [5, 5.41) is 15.2. The number of hydrogen-bond acceptors (Lipinski definition) is 4. The smallest absolute Gasteiger partial charge is 0.225 e. The van der Waals surface area contributed by atoms with Gasteiger partial charge in [0.15, 0.2) is 11.6 Å². The predicted molar refractivity (Wildman–Crippen MR) is 67.2 cm³/mol. The quantitative estimate of drug-likeness (QED) is 0.690. The van der Waals surface area contributed by atoms with Crippen molar-refractivity contribution in [3.63, 3.8) is 0 Å². The molecule has 0 aliphatic carbocycles. The topological polar surface area (TPSA) is 70.6 Å². The van der Waals surface area contributed by atoms with E-state index in [4.69, 9.17) is 4.74 Å². The van der Waals surface area contributed by atoms with Crippen LogP contribution in [-0.2, 0) is 4.79 Å². The number of halogens is 2. The van der Waals surface area contributed by atoms with E-state index in [1.54, 1.807) is 0 Å². The molecule has 7 heteroatoms. The Labute approximate surface area is 114 Å². The van der Waals surface area contributed by atoms with E-state index in [-0.39, 0.29) is 30.7 Å². The molecule has 1 atom stereocenters. The van der Waals surface area contributed by atoms with Gasteiger partial charge in [0.1, 0.15) is 18.5 Å². The van der Waals surface area contributed by atoms with Crippen molar-refractivity contribution in [2.75, 3.05) is 26.2 Å². The predicted octanol–water partition coefficient (Wildman–Crippen LogP) is 0.0401. The summed E-state index contributed by atoms with van der Waals surface area (Å²) in [6.45, 7) is 1.23. The van der Waals surface area contributed by atoms with Gasteiger partial charge in [-0.15, -0.1) is 0 Å². The fourth-order valence-electron chi connectivity index (χ4n) is 1.65. The Morgan fingerprint density at radius 3 is 2.80 bits per heavy atom. The molecule has 1 aromatic carbocycles. The maximum absolute atomic E-state index is 12.9. The molecule has 1 saturated heterocycles. The zero-order chi connectivity index (χ0) is 14.5. The molecule has 1 unspecified atom stereocenters. The van der Waals surface area contributed by atoms with E-state index < -0.39 is 17.7 Å². The van der Waals surface area contributed by atoms with E-state index in [0.717, 1.165) is 12.1 Å². The van der Waals surface area contributed by atoms with E-state index in [1.807, 2.05) is 0 Å². The molecular formula is C13H16F2N2O3.